The van der Waals surface area contributed by atoms with E-state index < -0.39 is 0 Å². The van der Waals surface area contributed by atoms with Crippen molar-refractivity contribution >= 4 is 0 Å². The Balaban J connectivity index is 2.18. The maximum atomic E-state index is 9.01. The number of benzene rings is 1. The van der Waals surface area contributed by atoms with Crippen molar-refractivity contribution in [2.45, 2.75) is 5.92 Å². The van der Waals surface area contributed by atoms with Gasteiger partial charge in [0.1, 0.15) is 5.75 Å². The van der Waals surface area contributed by atoms with Crippen molar-refractivity contribution in [3.8, 4) is 5.75 Å². The zero-order chi connectivity index (χ0) is 7.68. The fraction of sp³-hybridized carbons (Fsp3) is 0.333. The highest BCUT2D eigenvalue weighted by atomic mass is 16.3. The Morgan fingerprint density at radius 2 is 1.82 bits per heavy atom. The van der Waals surface area contributed by atoms with E-state index in [4.69, 9.17) is 5.11 Å². The highest BCUT2D eigenvalue weighted by molar-refractivity contribution is 5.29. The summed E-state index contributed by atoms with van der Waals surface area (Å²) < 4.78 is 0. The third-order valence-corrected chi connectivity index (χ3v) is 2.15. The van der Waals surface area contributed by atoms with Gasteiger partial charge in [0.2, 0.25) is 0 Å². The first-order chi connectivity index (χ1) is 5.36. The van der Waals surface area contributed by atoms with Crippen molar-refractivity contribution < 1.29 is 5.11 Å². The van der Waals surface area contributed by atoms with E-state index in [1.54, 1.807) is 12.1 Å². The highest BCUT2D eigenvalue weighted by Crippen LogP contribution is 2.21. The topological polar surface area (TPSA) is 32.3 Å². The number of rotatable bonds is 1. The Labute approximate surface area is 65.9 Å². The van der Waals surface area contributed by atoms with Crippen LogP contribution in [-0.2, 0) is 0 Å². The lowest BCUT2D eigenvalue weighted by atomic mass is 9.94. The van der Waals surface area contributed by atoms with E-state index in [1.807, 2.05) is 12.1 Å². The monoisotopic (exact) mass is 149 g/mol. The summed E-state index contributed by atoms with van der Waals surface area (Å²) in [5.74, 6) is 1.01. The molecule has 0 bridgehead atoms. The van der Waals surface area contributed by atoms with Gasteiger partial charge in [-0.05, 0) is 17.7 Å². The van der Waals surface area contributed by atoms with Crippen LogP contribution in [-0.4, -0.2) is 18.2 Å². The van der Waals surface area contributed by atoms with Crippen LogP contribution >= 0.6 is 0 Å². The number of aromatic hydroxyl groups is 1. The predicted molar refractivity (Wildman–Crippen MR) is 43.7 cm³/mol. The summed E-state index contributed by atoms with van der Waals surface area (Å²) in [4.78, 5) is 0. The van der Waals surface area contributed by atoms with Crippen molar-refractivity contribution in [3.05, 3.63) is 29.8 Å². The molecule has 58 valence electrons. The van der Waals surface area contributed by atoms with Gasteiger partial charge in [-0.3, -0.25) is 0 Å². The lowest BCUT2D eigenvalue weighted by Gasteiger charge is -2.27. The van der Waals surface area contributed by atoms with Gasteiger partial charge in [0.25, 0.3) is 0 Å². The van der Waals surface area contributed by atoms with Crippen molar-refractivity contribution in [3.63, 3.8) is 0 Å². The van der Waals surface area contributed by atoms with E-state index in [0.29, 0.717) is 11.7 Å². The zero-order valence-electron chi connectivity index (χ0n) is 6.25. The van der Waals surface area contributed by atoms with Crippen LogP contribution in [0, 0.1) is 0 Å². The van der Waals surface area contributed by atoms with Crippen LogP contribution in [0.25, 0.3) is 0 Å². The Morgan fingerprint density at radius 1 is 1.18 bits per heavy atom. The van der Waals surface area contributed by atoms with E-state index in [0.717, 1.165) is 13.1 Å². The summed E-state index contributed by atoms with van der Waals surface area (Å²) in [6, 6.07) is 7.46. The fourth-order valence-corrected chi connectivity index (χ4v) is 1.27. The average molecular weight is 149 g/mol. The largest absolute Gasteiger partial charge is 0.508 e. The summed E-state index contributed by atoms with van der Waals surface area (Å²) in [6.45, 7) is 2.15. The number of phenols is 1. The zero-order valence-corrected chi connectivity index (χ0v) is 6.25. The normalized spacial score (nSPS) is 17.8. The lowest BCUT2D eigenvalue weighted by Crippen LogP contribution is -2.39. The van der Waals surface area contributed by atoms with E-state index in [-0.39, 0.29) is 0 Å². The first-order valence-electron chi connectivity index (χ1n) is 3.86. The fourth-order valence-electron chi connectivity index (χ4n) is 1.27. The Morgan fingerprint density at radius 3 is 2.27 bits per heavy atom. The number of phenolic OH excluding ortho intramolecular Hbond substituents is 1. The third kappa shape index (κ3) is 1.21. The lowest BCUT2D eigenvalue weighted by molar-refractivity contribution is 0.446. The molecule has 0 amide bonds. The van der Waals surface area contributed by atoms with E-state index in [2.05, 4.69) is 5.32 Å². The van der Waals surface area contributed by atoms with Gasteiger partial charge >= 0.3 is 0 Å². The van der Waals surface area contributed by atoms with Crippen LogP contribution in [0.3, 0.4) is 0 Å². The second-order valence-corrected chi connectivity index (χ2v) is 2.95. The van der Waals surface area contributed by atoms with Crippen LogP contribution in [0.4, 0.5) is 0 Å². The molecule has 1 heterocycles. The molecule has 1 fully saturated rings. The number of hydrogen-bond donors (Lipinski definition) is 2. The van der Waals surface area contributed by atoms with Gasteiger partial charge in [0.15, 0.2) is 0 Å². The van der Waals surface area contributed by atoms with Gasteiger partial charge in [0.05, 0.1) is 0 Å². The van der Waals surface area contributed by atoms with E-state index in [9.17, 15) is 0 Å². The first kappa shape index (κ1) is 6.68. The molecule has 0 spiro atoms. The maximum absolute atomic E-state index is 9.01. The molecular formula is C9H11NO. The standard InChI is InChI=1S/C9H11NO/c11-9-3-1-7(2-4-9)8-5-10-6-8/h1-4,8,10-11H,5-6H2. The van der Waals surface area contributed by atoms with E-state index >= 15 is 0 Å². The van der Waals surface area contributed by atoms with Gasteiger partial charge in [-0.15, -0.1) is 0 Å². The third-order valence-electron chi connectivity index (χ3n) is 2.15. The van der Waals surface area contributed by atoms with Crippen molar-refractivity contribution in [2.75, 3.05) is 13.1 Å². The highest BCUT2D eigenvalue weighted by Gasteiger charge is 2.17. The van der Waals surface area contributed by atoms with Crippen LogP contribution in [0.1, 0.15) is 11.5 Å². The molecule has 0 atom stereocenters. The smallest absolute Gasteiger partial charge is 0.115 e. The molecule has 0 radical (unpaired) electrons. The summed E-state index contributed by atoms with van der Waals surface area (Å²) in [7, 11) is 0. The second kappa shape index (κ2) is 2.55. The van der Waals surface area contributed by atoms with Crippen LogP contribution < -0.4 is 5.32 Å². The number of nitrogens with one attached hydrogen (secondary N) is 1. The molecule has 2 nitrogen and oxygen atoms in total. The molecule has 2 rings (SSSR count). The SMILES string of the molecule is Oc1ccc(C2CNC2)cc1. The molecule has 1 aromatic carbocycles. The van der Waals surface area contributed by atoms with Crippen molar-refractivity contribution in [2.24, 2.45) is 0 Å². The summed E-state index contributed by atoms with van der Waals surface area (Å²) in [5.41, 5.74) is 1.32. The van der Waals surface area contributed by atoms with Crippen molar-refractivity contribution in [1.82, 2.24) is 5.32 Å². The van der Waals surface area contributed by atoms with Gasteiger partial charge in [-0.25, -0.2) is 0 Å². The van der Waals surface area contributed by atoms with E-state index in [1.165, 1.54) is 5.56 Å². The summed E-state index contributed by atoms with van der Waals surface area (Å²) in [6.07, 6.45) is 0. The molecule has 1 aromatic rings. The molecule has 11 heavy (non-hydrogen) atoms. The Bertz CT molecular complexity index is 238. The van der Waals surface area contributed by atoms with Crippen molar-refractivity contribution in [1.29, 1.82) is 0 Å². The molecule has 1 aliphatic rings. The molecule has 0 unspecified atom stereocenters. The average Bonchev–Trinajstić information content (AvgIpc) is 1.90. The molecule has 0 saturated carbocycles. The molecule has 1 saturated heterocycles. The Kier molecular flexibility index (Phi) is 1.55. The maximum Gasteiger partial charge on any atom is 0.115 e. The number of hydrogen-bond acceptors (Lipinski definition) is 2. The summed E-state index contributed by atoms with van der Waals surface area (Å²) in [5, 5.41) is 12.2. The minimum absolute atomic E-state index is 0.348. The predicted octanol–water partition coefficient (Wildman–Crippen LogP) is 1.08. The molecule has 0 aromatic heterocycles. The molecule has 2 N–H and O–H groups in total. The molecule has 1 aliphatic heterocycles. The van der Waals surface area contributed by atoms with Gasteiger partial charge in [-0.1, -0.05) is 12.1 Å². The van der Waals surface area contributed by atoms with Gasteiger partial charge in [-0.2, -0.15) is 0 Å². The quantitative estimate of drug-likeness (QED) is 0.626. The minimum Gasteiger partial charge on any atom is -0.508 e. The van der Waals surface area contributed by atoms with Gasteiger partial charge < -0.3 is 10.4 Å². The van der Waals surface area contributed by atoms with Crippen LogP contribution in [0.15, 0.2) is 24.3 Å². The minimum atomic E-state index is 0.348. The Hall–Kier alpha value is -1.02. The molecular weight excluding hydrogens is 138 g/mol. The second-order valence-electron chi connectivity index (χ2n) is 2.95. The van der Waals surface area contributed by atoms with Crippen LogP contribution in [0.2, 0.25) is 0 Å². The summed E-state index contributed by atoms with van der Waals surface area (Å²) >= 11 is 0. The van der Waals surface area contributed by atoms with Crippen LogP contribution in [0.5, 0.6) is 5.75 Å². The van der Waals surface area contributed by atoms with Gasteiger partial charge in [0, 0.05) is 19.0 Å². The molecule has 0 aliphatic carbocycles. The molecule has 2 heteroatoms. The first-order valence-corrected chi connectivity index (χ1v) is 3.86.